The Morgan fingerprint density at radius 2 is 2.00 bits per heavy atom. The maximum absolute atomic E-state index is 13.6. The van der Waals surface area contributed by atoms with Gasteiger partial charge in [-0.2, -0.15) is 0 Å². The van der Waals surface area contributed by atoms with Crippen LogP contribution in [0.3, 0.4) is 0 Å². The Hall–Kier alpha value is -1.01. The predicted octanol–water partition coefficient (Wildman–Crippen LogP) is 2.44. The lowest BCUT2D eigenvalue weighted by Gasteiger charge is -2.17. The molecule has 0 radical (unpaired) electrons. The molecule has 1 atom stereocenters. The lowest BCUT2D eigenvalue weighted by Crippen LogP contribution is -2.19. The molecule has 1 rings (SSSR count). The van der Waals surface area contributed by atoms with Crippen LogP contribution in [0, 0.1) is 11.6 Å². The number of sulfone groups is 1. The molecule has 0 saturated carbocycles. The summed E-state index contributed by atoms with van der Waals surface area (Å²) in [6.07, 6.45) is 0.927. The topological polar surface area (TPSA) is 46.2 Å². The van der Waals surface area contributed by atoms with Gasteiger partial charge >= 0.3 is 0 Å². The highest BCUT2D eigenvalue weighted by atomic mass is 32.2. The van der Waals surface area contributed by atoms with E-state index in [0.29, 0.717) is 18.4 Å². The van der Waals surface area contributed by atoms with Crippen molar-refractivity contribution >= 4 is 9.84 Å². The van der Waals surface area contributed by atoms with Gasteiger partial charge in [0.25, 0.3) is 0 Å². The van der Waals surface area contributed by atoms with Crippen molar-refractivity contribution in [3.05, 3.63) is 35.4 Å². The third kappa shape index (κ3) is 4.87. The van der Waals surface area contributed by atoms with Crippen molar-refractivity contribution in [1.29, 1.82) is 0 Å². The van der Waals surface area contributed by atoms with Crippen LogP contribution in [0.25, 0.3) is 0 Å². The smallest absolute Gasteiger partial charge is 0.150 e. The van der Waals surface area contributed by atoms with Gasteiger partial charge in [-0.1, -0.05) is 13.0 Å². The first-order valence-electron chi connectivity index (χ1n) is 6.22. The fourth-order valence-electron chi connectivity index (χ4n) is 1.89. The molecule has 19 heavy (non-hydrogen) atoms. The quantitative estimate of drug-likeness (QED) is 0.839. The first kappa shape index (κ1) is 16.0. The molecule has 1 aromatic rings. The van der Waals surface area contributed by atoms with Crippen LogP contribution in [0.5, 0.6) is 0 Å². The monoisotopic (exact) mass is 291 g/mol. The highest BCUT2D eigenvalue weighted by Crippen LogP contribution is 2.22. The van der Waals surface area contributed by atoms with Gasteiger partial charge in [-0.25, -0.2) is 17.2 Å². The summed E-state index contributed by atoms with van der Waals surface area (Å²) in [4.78, 5) is 0. The molecule has 3 nitrogen and oxygen atoms in total. The Bertz CT molecular complexity index is 517. The summed E-state index contributed by atoms with van der Waals surface area (Å²) < 4.78 is 49.2. The third-order valence-electron chi connectivity index (χ3n) is 3.07. The van der Waals surface area contributed by atoms with Gasteiger partial charge in [0.1, 0.15) is 21.5 Å². The van der Waals surface area contributed by atoms with Crippen LogP contribution in [-0.4, -0.2) is 27.0 Å². The van der Waals surface area contributed by atoms with Crippen LogP contribution in [0.4, 0.5) is 8.78 Å². The van der Waals surface area contributed by atoms with Crippen LogP contribution < -0.4 is 5.32 Å². The lowest BCUT2D eigenvalue weighted by molar-refractivity contribution is 0.495. The van der Waals surface area contributed by atoms with E-state index in [-0.39, 0.29) is 17.5 Å². The fourth-order valence-corrected chi connectivity index (χ4v) is 2.79. The number of rotatable bonds is 7. The van der Waals surface area contributed by atoms with Gasteiger partial charge in [-0.05, 0) is 26.0 Å². The first-order valence-corrected chi connectivity index (χ1v) is 8.04. The largest absolute Gasteiger partial charge is 0.313 e. The number of nitrogens with one attached hydrogen (secondary N) is 1. The highest BCUT2D eigenvalue weighted by molar-refractivity contribution is 7.91. The van der Waals surface area contributed by atoms with Crippen LogP contribution in [0.15, 0.2) is 18.2 Å². The molecular weight excluding hydrogens is 272 g/mol. The Kier molecular flexibility index (Phi) is 5.87. The van der Waals surface area contributed by atoms with Crippen molar-refractivity contribution in [1.82, 2.24) is 5.32 Å². The summed E-state index contributed by atoms with van der Waals surface area (Å²) in [5.74, 6) is -1.03. The summed E-state index contributed by atoms with van der Waals surface area (Å²) >= 11 is 0. The normalized spacial score (nSPS) is 13.5. The zero-order valence-corrected chi connectivity index (χ0v) is 11.9. The van der Waals surface area contributed by atoms with E-state index in [9.17, 15) is 17.2 Å². The molecule has 108 valence electrons. The summed E-state index contributed by atoms with van der Waals surface area (Å²) in [5.41, 5.74) is 0.359. The fraction of sp³-hybridized carbons (Fsp3) is 0.538. The molecule has 0 bridgehead atoms. The molecule has 0 aliphatic heterocycles. The van der Waals surface area contributed by atoms with Crippen molar-refractivity contribution < 1.29 is 17.2 Å². The van der Waals surface area contributed by atoms with Gasteiger partial charge in [-0.3, -0.25) is 0 Å². The average molecular weight is 291 g/mol. The van der Waals surface area contributed by atoms with Crippen LogP contribution in [0.2, 0.25) is 0 Å². The zero-order valence-electron chi connectivity index (χ0n) is 11.1. The van der Waals surface area contributed by atoms with E-state index in [4.69, 9.17) is 0 Å². The van der Waals surface area contributed by atoms with E-state index in [1.54, 1.807) is 14.0 Å². The molecule has 1 aromatic carbocycles. The van der Waals surface area contributed by atoms with Crippen LogP contribution in [0.1, 0.15) is 31.4 Å². The minimum Gasteiger partial charge on any atom is -0.313 e. The maximum Gasteiger partial charge on any atom is 0.150 e. The standard InChI is InChI=1S/C13H19F2NO2S/c1-3-19(17,18)8-4-5-13(16-2)11-7-6-10(14)9-12(11)15/h6-7,9,13,16H,3-5,8H2,1-2H3. The van der Waals surface area contributed by atoms with Gasteiger partial charge < -0.3 is 5.32 Å². The Balaban J connectivity index is 2.68. The van der Waals surface area contributed by atoms with Gasteiger partial charge in [0, 0.05) is 23.4 Å². The van der Waals surface area contributed by atoms with Crippen molar-refractivity contribution in [2.24, 2.45) is 0 Å². The molecule has 0 spiro atoms. The average Bonchev–Trinajstić information content (AvgIpc) is 2.36. The van der Waals surface area contributed by atoms with Gasteiger partial charge in [0.15, 0.2) is 0 Å². The number of hydrogen-bond donors (Lipinski definition) is 1. The van der Waals surface area contributed by atoms with Crippen LogP contribution in [-0.2, 0) is 9.84 Å². The molecule has 0 heterocycles. The van der Waals surface area contributed by atoms with Crippen LogP contribution >= 0.6 is 0 Å². The molecule has 0 aliphatic rings. The SMILES string of the molecule is CCS(=O)(=O)CCCC(NC)c1ccc(F)cc1F. The first-order chi connectivity index (χ1) is 8.89. The second-order valence-electron chi connectivity index (χ2n) is 4.39. The van der Waals surface area contributed by atoms with Crippen molar-refractivity contribution in [3.63, 3.8) is 0 Å². The van der Waals surface area contributed by atoms with Gasteiger partial charge in [-0.15, -0.1) is 0 Å². The number of benzene rings is 1. The molecule has 6 heteroatoms. The summed E-state index contributed by atoms with van der Waals surface area (Å²) in [6.45, 7) is 1.60. The summed E-state index contributed by atoms with van der Waals surface area (Å²) in [6, 6.07) is 3.11. The molecule has 1 N–H and O–H groups in total. The number of hydrogen-bond acceptors (Lipinski definition) is 3. The predicted molar refractivity (Wildman–Crippen MR) is 71.7 cm³/mol. The summed E-state index contributed by atoms with van der Waals surface area (Å²) in [5, 5.41) is 2.93. The van der Waals surface area contributed by atoms with Gasteiger partial charge in [0.2, 0.25) is 0 Å². The molecule has 0 aromatic heterocycles. The molecule has 0 amide bonds. The Morgan fingerprint density at radius 1 is 1.32 bits per heavy atom. The second kappa shape index (κ2) is 6.96. The Morgan fingerprint density at radius 3 is 2.53 bits per heavy atom. The van der Waals surface area contributed by atoms with E-state index >= 15 is 0 Å². The minimum absolute atomic E-state index is 0.0878. The lowest BCUT2D eigenvalue weighted by atomic mass is 10.0. The van der Waals surface area contributed by atoms with E-state index < -0.39 is 21.5 Å². The number of halogens is 2. The van der Waals surface area contributed by atoms with Crippen molar-refractivity contribution in [3.8, 4) is 0 Å². The molecular formula is C13H19F2NO2S. The molecule has 0 fully saturated rings. The van der Waals surface area contributed by atoms with Gasteiger partial charge in [0.05, 0.1) is 5.75 Å². The molecule has 0 saturated heterocycles. The third-order valence-corrected chi connectivity index (χ3v) is 4.86. The van der Waals surface area contributed by atoms with Crippen molar-refractivity contribution in [2.75, 3.05) is 18.6 Å². The van der Waals surface area contributed by atoms with E-state index in [1.165, 1.54) is 12.1 Å². The molecule has 1 unspecified atom stereocenters. The minimum atomic E-state index is -3.00. The van der Waals surface area contributed by atoms with Crippen molar-refractivity contribution in [2.45, 2.75) is 25.8 Å². The zero-order chi connectivity index (χ0) is 14.5. The van der Waals surface area contributed by atoms with E-state index in [0.717, 1.165) is 6.07 Å². The maximum atomic E-state index is 13.6. The summed E-state index contributed by atoms with van der Waals surface area (Å²) in [7, 11) is -1.34. The molecule has 0 aliphatic carbocycles. The Labute approximate surface area is 112 Å². The van der Waals surface area contributed by atoms with E-state index in [2.05, 4.69) is 5.32 Å². The van der Waals surface area contributed by atoms with E-state index in [1.807, 2.05) is 0 Å². The highest BCUT2D eigenvalue weighted by Gasteiger charge is 2.16. The second-order valence-corrected chi connectivity index (χ2v) is 6.86.